The van der Waals surface area contributed by atoms with Crippen LogP contribution in [0.2, 0.25) is 0 Å². The van der Waals surface area contributed by atoms with Gasteiger partial charge in [-0.25, -0.2) is 0 Å². The zero-order chi connectivity index (χ0) is 16.8. The Kier molecular flexibility index (Phi) is 3.01. The smallest absolute Gasteiger partial charge is 0.311 e. The van der Waals surface area contributed by atoms with Crippen LogP contribution in [0.15, 0.2) is 11.3 Å². The molecule has 1 aliphatic heterocycles. The van der Waals surface area contributed by atoms with E-state index < -0.39 is 0 Å². The van der Waals surface area contributed by atoms with Crippen molar-refractivity contribution in [3.8, 4) is 0 Å². The third kappa shape index (κ3) is 1.63. The number of hydrogen-bond donors (Lipinski definition) is 1. The first-order valence-electron chi connectivity index (χ1n) is 9.23. The van der Waals surface area contributed by atoms with E-state index in [-0.39, 0.29) is 34.2 Å². The number of rotatable bonds is 0. The summed E-state index contributed by atoms with van der Waals surface area (Å²) in [6.45, 7) is 11.5. The van der Waals surface area contributed by atoms with Crippen LogP contribution in [0.25, 0.3) is 0 Å². The Morgan fingerprint density at radius 1 is 1.22 bits per heavy atom. The van der Waals surface area contributed by atoms with Gasteiger partial charge in [-0.3, -0.25) is 4.79 Å². The fourth-order valence-electron chi connectivity index (χ4n) is 7.32. The van der Waals surface area contributed by atoms with E-state index in [2.05, 4.69) is 34.6 Å². The van der Waals surface area contributed by atoms with Crippen LogP contribution in [-0.4, -0.2) is 17.2 Å². The summed E-state index contributed by atoms with van der Waals surface area (Å²) < 4.78 is 5.72. The van der Waals surface area contributed by atoms with Crippen LogP contribution in [0.4, 0.5) is 0 Å². The number of ether oxygens (including phenoxy) is 1. The second-order valence-electron chi connectivity index (χ2n) is 9.52. The molecule has 6 atom stereocenters. The monoisotopic (exact) mass is 318 g/mol. The molecule has 2 saturated carbocycles. The Morgan fingerprint density at radius 2 is 1.91 bits per heavy atom. The van der Waals surface area contributed by atoms with E-state index in [1.807, 2.05) is 0 Å². The minimum absolute atomic E-state index is 0.0636. The van der Waals surface area contributed by atoms with Crippen molar-refractivity contribution in [3.63, 3.8) is 0 Å². The van der Waals surface area contributed by atoms with Gasteiger partial charge in [0.25, 0.3) is 0 Å². The summed E-state index contributed by atoms with van der Waals surface area (Å²) in [5.74, 6) is 2.16. The molecule has 0 amide bonds. The van der Waals surface area contributed by atoms with Gasteiger partial charge in [0.1, 0.15) is 5.76 Å². The van der Waals surface area contributed by atoms with Crippen molar-refractivity contribution in [2.24, 2.45) is 34.0 Å². The van der Waals surface area contributed by atoms with Gasteiger partial charge in [-0.15, -0.1) is 0 Å². The third-order valence-corrected chi connectivity index (χ3v) is 8.59. The Morgan fingerprint density at radius 3 is 2.61 bits per heavy atom. The molecule has 4 aliphatic rings. The third-order valence-electron chi connectivity index (χ3n) is 8.59. The molecular formula is C20H30O3. The molecule has 3 aliphatic carbocycles. The molecule has 4 rings (SSSR count). The number of hydrogen-bond acceptors (Lipinski definition) is 3. The highest BCUT2D eigenvalue weighted by atomic mass is 16.5. The molecule has 0 aromatic heterocycles. The molecule has 1 spiro atoms. The van der Waals surface area contributed by atoms with E-state index in [4.69, 9.17) is 4.74 Å². The van der Waals surface area contributed by atoms with Crippen LogP contribution >= 0.6 is 0 Å². The highest BCUT2D eigenvalue weighted by molar-refractivity contribution is 5.76. The SMILES string of the molecule is CC1=C2OC(=O)C[C@@]2(C)[C@@H]2C[C@@H]3C[C@H](O)[C@@H](C)[C@@]2(CC1)C3(C)C. The van der Waals surface area contributed by atoms with Crippen molar-refractivity contribution in [3.05, 3.63) is 11.3 Å². The van der Waals surface area contributed by atoms with Crippen molar-refractivity contribution in [2.45, 2.75) is 72.8 Å². The second-order valence-corrected chi connectivity index (χ2v) is 9.52. The van der Waals surface area contributed by atoms with Crippen molar-refractivity contribution < 1.29 is 14.6 Å². The maximum Gasteiger partial charge on any atom is 0.311 e. The van der Waals surface area contributed by atoms with Crippen LogP contribution < -0.4 is 0 Å². The summed E-state index contributed by atoms with van der Waals surface area (Å²) in [7, 11) is 0. The molecule has 0 unspecified atom stereocenters. The van der Waals surface area contributed by atoms with Crippen LogP contribution in [0.3, 0.4) is 0 Å². The van der Waals surface area contributed by atoms with Crippen molar-refractivity contribution in [2.75, 3.05) is 0 Å². The number of carbonyl (C=O) groups is 1. The molecule has 3 heteroatoms. The number of allylic oxidation sites excluding steroid dienone is 2. The zero-order valence-corrected chi connectivity index (χ0v) is 15.1. The van der Waals surface area contributed by atoms with E-state index in [9.17, 15) is 9.90 Å². The average molecular weight is 318 g/mol. The van der Waals surface area contributed by atoms with E-state index >= 15 is 0 Å². The summed E-state index contributed by atoms with van der Waals surface area (Å²) in [6.07, 6.45) is 4.44. The first-order chi connectivity index (χ1) is 10.6. The van der Waals surface area contributed by atoms with Crippen LogP contribution in [-0.2, 0) is 9.53 Å². The fourth-order valence-corrected chi connectivity index (χ4v) is 7.32. The lowest BCUT2D eigenvalue weighted by molar-refractivity contribution is -0.137. The molecule has 1 saturated heterocycles. The summed E-state index contributed by atoms with van der Waals surface area (Å²) in [6, 6.07) is 0. The van der Waals surface area contributed by atoms with E-state index in [1.54, 1.807) is 0 Å². The number of esters is 1. The van der Waals surface area contributed by atoms with Gasteiger partial charge in [0, 0.05) is 5.41 Å². The Balaban J connectivity index is 1.93. The predicted molar refractivity (Wildman–Crippen MR) is 88.3 cm³/mol. The van der Waals surface area contributed by atoms with E-state index in [1.165, 1.54) is 5.57 Å². The number of aliphatic hydroxyl groups excluding tert-OH is 1. The summed E-state index contributed by atoms with van der Waals surface area (Å²) in [5.41, 5.74) is 1.38. The van der Waals surface area contributed by atoms with Gasteiger partial charge < -0.3 is 9.84 Å². The van der Waals surface area contributed by atoms with Gasteiger partial charge >= 0.3 is 5.97 Å². The molecule has 23 heavy (non-hydrogen) atoms. The van der Waals surface area contributed by atoms with Crippen LogP contribution in [0.5, 0.6) is 0 Å². The molecule has 2 bridgehead atoms. The first kappa shape index (κ1) is 15.7. The lowest BCUT2D eigenvalue weighted by Gasteiger charge is -2.57. The molecule has 0 aromatic carbocycles. The van der Waals surface area contributed by atoms with E-state index in [0.717, 1.165) is 31.4 Å². The van der Waals surface area contributed by atoms with Gasteiger partial charge in [-0.1, -0.05) is 27.7 Å². The van der Waals surface area contributed by atoms with Gasteiger partial charge in [0.05, 0.1) is 12.5 Å². The molecule has 3 nitrogen and oxygen atoms in total. The lowest BCUT2D eigenvalue weighted by atomic mass is 9.47. The fraction of sp³-hybridized carbons (Fsp3) is 0.850. The largest absolute Gasteiger partial charge is 0.430 e. The first-order valence-corrected chi connectivity index (χ1v) is 9.23. The highest BCUT2D eigenvalue weighted by Gasteiger charge is 2.71. The maximum atomic E-state index is 12.2. The molecule has 1 N–H and O–H groups in total. The molecule has 0 radical (unpaired) electrons. The van der Waals surface area contributed by atoms with Gasteiger partial charge in [-0.2, -0.15) is 0 Å². The lowest BCUT2D eigenvalue weighted by Crippen LogP contribution is -2.55. The Hall–Kier alpha value is -0.830. The number of carbonyl (C=O) groups excluding carboxylic acids is 1. The maximum absolute atomic E-state index is 12.2. The van der Waals surface area contributed by atoms with Gasteiger partial charge in [0.15, 0.2) is 0 Å². The second kappa shape index (κ2) is 4.41. The highest BCUT2D eigenvalue weighted by Crippen LogP contribution is 2.75. The minimum Gasteiger partial charge on any atom is -0.430 e. The quantitative estimate of drug-likeness (QED) is 0.685. The summed E-state index contributed by atoms with van der Waals surface area (Å²) in [5, 5.41) is 10.7. The van der Waals surface area contributed by atoms with Crippen molar-refractivity contribution in [1.29, 1.82) is 0 Å². The van der Waals surface area contributed by atoms with Crippen molar-refractivity contribution >= 4 is 5.97 Å². The molecule has 1 heterocycles. The van der Waals surface area contributed by atoms with Crippen LogP contribution in [0, 0.1) is 34.0 Å². The number of fused-ring (bicyclic) bond motifs is 3. The Bertz CT molecular complexity index is 604. The summed E-state index contributed by atoms with van der Waals surface area (Å²) in [4.78, 5) is 12.2. The topological polar surface area (TPSA) is 46.5 Å². The molecule has 128 valence electrons. The van der Waals surface area contributed by atoms with Gasteiger partial charge in [-0.05, 0) is 66.8 Å². The molecular weight excluding hydrogens is 288 g/mol. The average Bonchev–Trinajstić information content (AvgIpc) is 2.81. The minimum atomic E-state index is -0.207. The molecule has 0 aromatic rings. The molecule has 3 fully saturated rings. The summed E-state index contributed by atoms with van der Waals surface area (Å²) >= 11 is 0. The Labute approximate surface area is 139 Å². The zero-order valence-electron chi connectivity index (χ0n) is 15.1. The normalized spacial score (nSPS) is 51.1. The van der Waals surface area contributed by atoms with Crippen LogP contribution in [0.1, 0.15) is 66.7 Å². The number of aliphatic hydroxyl groups is 1. The standard InChI is InChI=1S/C20H30O3/c1-11-6-7-20-12(2)14(21)8-13(18(20,3)4)9-15(20)19(5)10-16(22)23-17(11)19/h12-15,21H,6-10H2,1-5H3/t12-,13+,14+,15+,19+,20-/m1/s1. The van der Waals surface area contributed by atoms with Crippen molar-refractivity contribution in [1.82, 2.24) is 0 Å². The predicted octanol–water partition coefficient (Wildman–Crippen LogP) is 4.06. The van der Waals surface area contributed by atoms with E-state index in [0.29, 0.717) is 18.3 Å². The van der Waals surface area contributed by atoms with Gasteiger partial charge in [0.2, 0.25) is 0 Å².